The summed E-state index contributed by atoms with van der Waals surface area (Å²) < 4.78 is 11.1. The maximum absolute atomic E-state index is 5.86. The molecular weight excluding hydrogens is 266 g/mol. The fourth-order valence-corrected chi connectivity index (χ4v) is 2.21. The highest BCUT2D eigenvalue weighted by Crippen LogP contribution is 2.28. The maximum atomic E-state index is 5.86. The Balaban J connectivity index is 2.10. The van der Waals surface area contributed by atoms with Crippen LogP contribution in [0.2, 0.25) is 0 Å². The molecule has 0 aliphatic carbocycles. The average Bonchev–Trinajstić information content (AvgIpc) is 2.65. The summed E-state index contributed by atoms with van der Waals surface area (Å²) in [5, 5.41) is 4.31. The van der Waals surface area contributed by atoms with Crippen LogP contribution in [0.5, 0.6) is 11.5 Å². The van der Waals surface area contributed by atoms with E-state index in [4.69, 9.17) is 14.3 Å². The molecule has 2 aromatic rings. The predicted octanol–water partition coefficient (Wildman–Crippen LogP) is 3.25. The SMILES string of the molecule is COc1ccc2c(c1)OCCCON=C2c1ccccc1. The number of hydrogen-bond donors (Lipinski definition) is 0. The van der Waals surface area contributed by atoms with Gasteiger partial charge in [-0.15, -0.1) is 0 Å². The highest BCUT2D eigenvalue weighted by atomic mass is 16.6. The standard InChI is InChI=1S/C17H17NO3/c1-19-14-8-9-15-16(12-14)20-10-5-11-21-18-17(15)13-6-3-2-4-7-13/h2-4,6-9,12H,5,10-11H2,1H3. The van der Waals surface area contributed by atoms with Crippen molar-refractivity contribution in [2.24, 2.45) is 5.16 Å². The summed E-state index contributed by atoms with van der Waals surface area (Å²) in [6.45, 7) is 1.14. The Labute approximate surface area is 123 Å². The molecule has 0 spiro atoms. The third-order valence-corrected chi connectivity index (χ3v) is 3.28. The van der Waals surface area contributed by atoms with Crippen LogP contribution in [0.25, 0.3) is 0 Å². The molecule has 4 nitrogen and oxygen atoms in total. The molecule has 2 aromatic carbocycles. The Bertz CT molecular complexity index is 638. The van der Waals surface area contributed by atoms with Gasteiger partial charge in [0.2, 0.25) is 0 Å². The maximum Gasteiger partial charge on any atom is 0.132 e. The molecule has 0 saturated carbocycles. The van der Waals surface area contributed by atoms with Gasteiger partial charge in [-0.05, 0) is 12.1 Å². The van der Waals surface area contributed by atoms with E-state index in [1.165, 1.54) is 0 Å². The molecule has 0 bridgehead atoms. The zero-order valence-corrected chi connectivity index (χ0v) is 11.9. The zero-order chi connectivity index (χ0) is 14.5. The van der Waals surface area contributed by atoms with E-state index in [-0.39, 0.29) is 0 Å². The predicted molar refractivity (Wildman–Crippen MR) is 81.1 cm³/mol. The number of fused-ring (bicyclic) bond motifs is 1. The first kappa shape index (κ1) is 13.5. The molecule has 0 atom stereocenters. The second-order valence-electron chi connectivity index (χ2n) is 4.70. The number of benzene rings is 2. The van der Waals surface area contributed by atoms with Gasteiger partial charge in [-0.1, -0.05) is 35.5 Å². The number of ether oxygens (including phenoxy) is 2. The van der Waals surface area contributed by atoms with Crippen LogP contribution in [0, 0.1) is 0 Å². The van der Waals surface area contributed by atoms with Gasteiger partial charge in [0.05, 0.1) is 13.7 Å². The van der Waals surface area contributed by atoms with Crippen LogP contribution < -0.4 is 9.47 Å². The molecule has 4 heteroatoms. The van der Waals surface area contributed by atoms with E-state index in [0.717, 1.165) is 34.8 Å². The van der Waals surface area contributed by atoms with Gasteiger partial charge in [-0.25, -0.2) is 0 Å². The average molecular weight is 283 g/mol. The molecule has 0 amide bonds. The van der Waals surface area contributed by atoms with Crippen LogP contribution in [0.15, 0.2) is 53.7 Å². The molecule has 3 rings (SSSR count). The first-order chi connectivity index (χ1) is 10.4. The van der Waals surface area contributed by atoms with E-state index >= 15 is 0 Å². The lowest BCUT2D eigenvalue weighted by molar-refractivity contribution is 0.130. The smallest absolute Gasteiger partial charge is 0.132 e. The molecule has 0 radical (unpaired) electrons. The summed E-state index contributed by atoms with van der Waals surface area (Å²) in [5.74, 6) is 1.53. The molecule has 1 aliphatic heterocycles. The van der Waals surface area contributed by atoms with Crippen LogP contribution >= 0.6 is 0 Å². The molecule has 0 saturated heterocycles. The van der Waals surface area contributed by atoms with Gasteiger partial charge in [0, 0.05) is 23.6 Å². The Morgan fingerprint density at radius 1 is 1.05 bits per heavy atom. The molecule has 0 unspecified atom stereocenters. The minimum atomic E-state index is 0.543. The summed E-state index contributed by atoms with van der Waals surface area (Å²) in [6, 6.07) is 15.7. The Kier molecular flexibility index (Phi) is 4.05. The fourth-order valence-electron chi connectivity index (χ4n) is 2.21. The third-order valence-electron chi connectivity index (χ3n) is 3.28. The molecule has 21 heavy (non-hydrogen) atoms. The van der Waals surface area contributed by atoms with Gasteiger partial charge in [-0.2, -0.15) is 0 Å². The molecule has 1 heterocycles. The lowest BCUT2D eigenvalue weighted by atomic mass is 10.0. The third kappa shape index (κ3) is 2.99. The van der Waals surface area contributed by atoms with Gasteiger partial charge in [-0.3, -0.25) is 0 Å². The van der Waals surface area contributed by atoms with E-state index < -0.39 is 0 Å². The zero-order valence-electron chi connectivity index (χ0n) is 11.9. The molecule has 0 fully saturated rings. The van der Waals surface area contributed by atoms with Crippen molar-refractivity contribution in [2.75, 3.05) is 20.3 Å². The monoisotopic (exact) mass is 283 g/mol. The number of rotatable bonds is 2. The first-order valence-corrected chi connectivity index (χ1v) is 6.95. The van der Waals surface area contributed by atoms with Crippen molar-refractivity contribution in [1.29, 1.82) is 0 Å². The van der Waals surface area contributed by atoms with E-state index in [1.54, 1.807) is 7.11 Å². The van der Waals surface area contributed by atoms with E-state index in [2.05, 4.69) is 5.16 Å². The van der Waals surface area contributed by atoms with Gasteiger partial charge < -0.3 is 14.3 Å². The molecule has 0 N–H and O–H groups in total. The second kappa shape index (κ2) is 6.31. The van der Waals surface area contributed by atoms with Crippen molar-refractivity contribution >= 4 is 5.71 Å². The van der Waals surface area contributed by atoms with E-state index in [0.29, 0.717) is 13.2 Å². The van der Waals surface area contributed by atoms with Crippen LogP contribution in [0.1, 0.15) is 17.5 Å². The van der Waals surface area contributed by atoms with E-state index in [1.807, 2.05) is 48.5 Å². The molecular formula is C17H17NO3. The lowest BCUT2D eigenvalue weighted by Gasteiger charge is -2.13. The topological polar surface area (TPSA) is 40.0 Å². The van der Waals surface area contributed by atoms with Gasteiger partial charge in [0.15, 0.2) is 0 Å². The molecule has 1 aliphatic rings. The second-order valence-corrected chi connectivity index (χ2v) is 4.70. The summed E-state index contributed by atoms with van der Waals surface area (Å²) in [7, 11) is 1.65. The summed E-state index contributed by atoms with van der Waals surface area (Å²) in [5.41, 5.74) is 2.67. The van der Waals surface area contributed by atoms with Crippen molar-refractivity contribution in [1.82, 2.24) is 0 Å². The normalized spacial score (nSPS) is 14.4. The minimum Gasteiger partial charge on any atom is -0.497 e. The summed E-state index contributed by atoms with van der Waals surface area (Å²) in [4.78, 5) is 5.41. The largest absolute Gasteiger partial charge is 0.497 e. The van der Waals surface area contributed by atoms with Gasteiger partial charge in [0.25, 0.3) is 0 Å². The Hall–Kier alpha value is -2.49. The van der Waals surface area contributed by atoms with E-state index in [9.17, 15) is 0 Å². The highest BCUT2D eigenvalue weighted by molar-refractivity contribution is 6.14. The quantitative estimate of drug-likeness (QED) is 0.849. The number of oxime groups is 1. The molecule has 108 valence electrons. The Morgan fingerprint density at radius 2 is 1.90 bits per heavy atom. The molecule has 0 aromatic heterocycles. The highest BCUT2D eigenvalue weighted by Gasteiger charge is 2.16. The van der Waals surface area contributed by atoms with Crippen LogP contribution in [-0.2, 0) is 4.84 Å². The number of methoxy groups -OCH3 is 1. The van der Waals surface area contributed by atoms with Gasteiger partial charge in [0.1, 0.15) is 23.8 Å². The van der Waals surface area contributed by atoms with Crippen LogP contribution in [0.4, 0.5) is 0 Å². The first-order valence-electron chi connectivity index (χ1n) is 6.95. The van der Waals surface area contributed by atoms with Crippen LogP contribution in [-0.4, -0.2) is 26.0 Å². The van der Waals surface area contributed by atoms with Crippen molar-refractivity contribution in [2.45, 2.75) is 6.42 Å². The Morgan fingerprint density at radius 3 is 2.71 bits per heavy atom. The van der Waals surface area contributed by atoms with Crippen molar-refractivity contribution in [3.8, 4) is 11.5 Å². The van der Waals surface area contributed by atoms with Crippen molar-refractivity contribution < 1.29 is 14.3 Å². The number of nitrogens with zero attached hydrogens (tertiary/aromatic N) is 1. The minimum absolute atomic E-state index is 0.543. The fraction of sp³-hybridized carbons (Fsp3) is 0.235. The number of hydrogen-bond acceptors (Lipinski definition) is 4. The van der Waals surface area contributed by atoms with Crippen molar-refractivity contribution in [3.05, 3.63) is 59.7 Å². The lowest BCUT2D eigenvalue weighted by Crippen LogP contribution is -2.07. The van der Waals surface area contributed by atoms with Crippen LogP contribution in [0.3, 0.4) is 0 Å². The van der Waals surface area contributed by atoms with Gasteiger partial charge >= 0.3 is 0 Å². The van der Waals surface area contributed by atoms with Crippen molar-refractivity contribution in [3.63, 3.8) is 0 Å². The summed E-state index contributed by atoms with van der Waals surface area (Å²) >= 11 is 0. The summed E-state index contributed by atoms with van der Waals surface area (Å²) in [6.07, 6.45) is 0.794.